The van der Waals surface area contributed by atoms with Crippen LogP contribution in [0.25, 0.3) is 0 Å². The molecule has 1 aromatic rings. The standard InChI is InChI=1S/C7H7N2O3S/c8-9-7(13(10,11)12)6-4-2-1-3-5-6/h1-5,7H,(H,10,11,12). The molecule has 0 spiro atoms. The molecule has 69 valence electrons. The number of benzene rings is 1. The van der Waals surface area contributed by atoms with E-state index in [0.717, 1.165) is 0 Å². The zero-order chi connectivity index (χ0) is 9.90. The molecular weight excluding hydrogens is 192 g/mol. The molecule has 0 aromatic heterocycles. The summed E-state index contributed by atoms with van der Waals surface area (Å²) in [6.07, 6.45) is 0. The van der Waals surface area contributed by atoms with Crippen LogP contribution in [0.4, 0.5) is 0 Å². The molecule has 0 amide bonds. The topological polar surface area (TPSA) is 89.0 Å². The molecule has 0 saturated carbocycles. The fourth-order valence-corrected chi connectivity index (χ4v) is 1.54. The van der Waals surface area contributed by atoms with Crippen LogP contribution in [0, 0.1) is 0 Å². The van der Waals surface area contributed by atoms with Crippen molar-refractivity contribution in [1.82, 2.24) is 5.53 Å². The van der Waals surface area contributed by atoms with Crippen molar-refractivity contribution >= 4 is 10.1 Å². The van der Waals surface area contributed by atoms with Crippen molar-refractivity contribution in [2.75, 3.05) is 0 Å². The van der Waals surface area contributed by atoms with Gasteiger partial charge in [-0.3, -0.25) is 4.55 Å². The van der Waals surface area contributed by atoms with Gasteiger partial charge in [-0.15, -0.1) is 5.11 Å². The van der Waals surface area contributed by atoms with E-state index in [2.05, 4.69) is 5.11 Å². The normalized spacial score (nSPS) is 13.6. The fourth-order valence-electron chi connectivity index (χ4n) is 0.916. The van der Waals surface area contributed by atoms with Gasteiger partial charge >= 0.3 is 0 Å². The molecule has 5 nitrogen and oxygen atoms in total. The first-order chi connectivity index (χ1) is 6.05. The molecule has 0 saturated heterocycles. The van der Waals surface area contributed by atoms with Crippen LogP contribution in [-0.4, -0.2) is 13.0 Å². The Morgan fingerprint density at radius 3 is 2.23 bits per heavy atom. The minimum Gasteiger partial charge on any atom is -0.284 e. The zero-order valence-electron chi connectivity index (χ0n) is 6.53. The third-order valence-corrected chi connectivity index (χ3v) is 2.40. The Labute approximate surface area is 75.7 Å². The molecule has 6 heteroatoms. The van der Waals surface area contributed by atoms with Crippen LogP contribution in [0.15, 0.2) is 35.4 Å². The molecule has 1 radical (unpaired) electrons. The van der Waals surface area contributed by atoms with Crippen LogP contribution in [-0.2, 0) is 10.1 Å². The van der Waals surface area contributed by atoms with E-state index in [9.17, 15) is 8.42 Å². The van der Waals surface area contributed by atoms with Crippen LogP contribution in [0.3, 0.4) is 0 Å². The van der Waals surface area contributed by atoms with E-state index >= 15 is 0 Å². The average molecular weight is 199 g/mol. The molecule has 0 aliphatic carbocycles. The summed E-state index contributed by atoms with van der Waals surface area (Å²) in [5, 5.41) is 0.975. The Bertz CT molecular complexity index is 387. The predicted octanol–water partition coefficient (Wildman–Crippen LogP) is 0.825. The van der Waals surface area contributed by atoms with Crippen LogP contribution >= 0.6 is 0 Å². The van der Waals surface area contributed by atoms with Crippen molar-refractivity contribution in [3.05, 3.63) is 35.9 Å². The van der Waals surface area contributed by atoms with Gasteiger partial charge in [0.1, 0.15) is 0 Å². The van der Waals surface area contributed by atoms with Crippen molar-refractivity contribution < 1.29 is 13.0 Å². The highest BCUT2D eigenvalue weighted by Crippen LogP contribution is 2.21. The van der Waals surface area contributed by atoms with Crippen molar-refractivity contribution in [3.8, 4) is 0 Å². The fraction of sp³-hybridized carbons (Fsp3) is 0.143. The number of nitrogens with zero attached hydrogens (tertiary/aromatic N) is 2. The van der Waals surface area contributed by atoms with Gasteiger partial charge in [0.15, 0.2) is 0 Å². The summed E-state index contributed by atoms with van der Waals surface area (Å²) < 4.78 is 30.0. The molecule has 0 bridgehead atoms. The second-order valence-electron chi connectivity index (χ2n) is 2.39. The highest BCUT2D eigenvalue weighted by molar-refractivity contribution is 7.86. The highest BCUT2D eigenvalue weighted by Gasteiger charge is 2.24. The van der Waals surface area contributed by atoms with Gasteiger partial charge in [-0.2, -0.15) is 8.42 Å². The number of hydrogen-bond donors (Lipinski definition) is 1. The summed E-state index contributed by atoms with van der Waals surface area (Å²) in [5.74, 6) is 0. The maximum absolute atomic E-state index is 10.7. The van der Waals surface area contributed by atoms with E-state index in [-0.39, 0.29) is 5.56 Å². The molecule has 1 unspecified atom stereocenters. The monoisotopic (exact) mass is 199 g/mol. The van der Waals surface area contributed by atoms with Crippen molar-refractivity contribution in [2.45, 2.75) is 5.37 Å². The lowest BCUT2D eigenvalue weighted by Crippen LogP contribution is -2.09. The van der Waals surface area contributed by atoms with Gasteiger partial charge < -0.3 is 0 Å². The van der Waals surface area contributed by atoms with Crippen molar-refractivity contribution in [3.63, 3.8) is 0 Å². The van der Waals surface area contributed by atoms with Crippen molar-refractivity contribution in [1.29, 1.82) is 0 Å². The average Bonchev–Trinajstić information content (AvgIpc) is 2.05. The summed E-state index contributed by atoms with van der Waals surface area (Å²) >= 11 is 0. The molecule has 0 fully saturated rings. The quantitative estimate of drug-likeness (QED) is 0.577. The van der Waals surface area contributed by atoms with E-state index in [1.54, 1.807) is 18.2 Å². The summed E-state index contributed by atoms with van der Waals surface area (Å²) in [4.78, 5) is 0. The summed E-state index contributed by atoms with van der Waals surface area (Å²) in [6.45, 7) is 0. The second-order valence-corrected chi connectivity index (χ2v) is 3.87. The maximum atomic E-state index is 10.7. The molecule has 1 N–H and O–H groups in total. The largest absolute Gasteiger partial charge is 0.294 e. The summed E-state index contributed by atoms with van der Waals surface area (Å²) in [5.41, 5.74) is 8.62. The van der Waals surface area contributed by atoms with Gasteiger partial charge in [-0.1, -0.05) is 30.3 Å². The summed E-state index contributed by atoms with van der Waals surface area (Å²) in [6, 6.07) is 7.73. The zero-order valence-corrected chi connectivity index (χ0v) is 7.35. The molecule has 0 aliphatic heterocycles. The van der Waals surface area contributed by atoms with Gasteiger partial charge in [0, 0.05) is 0 Å². The molecule has 1 aromatic carbocycles. The minimum atomic E-state index is -4.38. The van der Waals surface area contributed by atoms with Crippen LogP contribution in [0.5, 0.6) is 0 Å². The van der Waals surface area contributed by atoms with E-state index in [1.807, 2.05) is 0 Å². The van der Waals surface area contributed by atoms with Gasteiger partial charge in [-0.05, 0) is 11.1 Å². The van der Waals surface area contributed by atoms with Crippen molar-refractivity contribution in [2.24, 2.45) is 5.11 Å². The molecule has 1 rings (SSSR count). The predicted molar refractivity (Wildman–Crippen MR) is 45.3 cm³/mol. The molecule has 1 atom stereocenters. The third kappa shape index (κ3) is 2.33. The smallest absolute Gasteiger partial charge is 0.284 e. The maximum Gasteiger partial charge on any atom is 0.294 e. The van der Waals surface area contributed by atoms with E-state index < -0.39 is 15.5 Å². The summed E-state index contributed by atoms with van der Waals surface area (Å²) in [7, 11) is -4.38. The third-order valence-electron chi connectivity index (χ3n) is 1.47. The Kier molecular flexibility index (Phi) is 2.74. The van der Waals surface area contributed by atoms with Gasteiger partial charge in [0.25, 0.3) is 10.1 Å². The van der Waals surface area contributed by atoms with Crippen LogP contribution in [0.1, 0.15) is 10.9 Å². The molecule has 0 aliphatic rings. The first-order valence-corrected chi connectivity index (χ1v) is 4.91. The van der Waals surface area contributed by atoms with E-state index in [0.29, 0.717) is 0 Å². The van der Waals surface area contributed by atoms with Gasteiger partial charge in [0.2, 0.25) is 5.37 Å². The van der Waals surface area contributed by atoms with Gasteiger partial charge in [0.05, 0.1) is 0 Å². The van der Waals surface area contributed by atoms with Crippen LogP contribution < -0.4 is 5.53 Å². The Morgan fingerprint density at radius 1 is 1.31 bits per heavy atom. The Balaban J connectivity index is 3.13. The Hall–Kier alpha value is -1.27. The lowest BCUT2D eigenvalue weighted by Gasteiger charge is -2.05. The second kappa shape index (κ2) is 3.63. The lowest BCUT2D eigenvalue weighted by atomic mass is 10.2. The van der Waals surface area contributed by atoms with E-state index in [1.165, 1.54) is 12.1 Å². The van der Waals surface area contributed by atoms with Gasteiger partial charge in [-0.25, -0.2) is 0 Å². The lowest BCUT2D eigenvalue weighted by molar-refractivity contribution is 0.468. The van der Waals surface area contributed by atoms with E-state index in [4.69, 9.17) is 10.1 Å². The molecular formula is C7H7N2O3S. The van der Waals surface area contributed by atoms with Crippen LogP contribution in [0.2, 0.25) is 0 Å². The SMILES string of the molecule is [N]=NC(c1ccccc1)S(=O)(=O)O. The minimum absolute atomic E-state index is 0.215. The number of rotatable bonds is 3. The molecule has 0 heterocycles. The highest BCUT2D eigenvalue weighted by atomic mass is 32.2. The number of hydrogen-bond acceptors (Lipinski definition) is 3. The Morgan fingerprint density at radius 2 is 1.85 bits per heavy atom. The molecule has 13 heavy (non-hydrogen) atoms. The first-order valence-electron chi connectivity index (χ1n) is 3.41. The first kappa shape index (κ1) is 9.82.